The van der Waals surface area contributed by atoms with Gasteiger partial charge in [0.2, 0.25) is 0 Å². The summed E-state index contributed by atoms with van der Waals surface area (Å²) in [5.74, 6) is 1.82. The predicted octanol–water partition coefficient (Wildman–Crippen LogP) is 4.59. The molecule has 0 unspecified atom stereocenters. The van der Waals surface area contributed by atoms with Gasteiger partial charge in [-0.15, -0.1) is 0 Å². The molecule has 8 nitrogen and oxygen atoms in total. The van der Waals surface area contributed by atoms with E-state index in [2.05, 4.69) is 27.5 Å². The topological polar surface area (TPSA) is 115 Å². The minimum atomic E-state index is -0.516. The molecule has 172 valence electrons. The van der Waals surface area contributed by atoms with Gasteiger partial charge in [0, 0.05) is 35.3 Å². The number of nitrogens with zero attached hydrogens (tertiary/aromatic N) is 3. The van der Waals surface area contributed by atoms with Crippen LogP contribution in [0.15, 0.2) is 30.6 Å². The lowest BCUT2D eigenvalue weighted by atomic mass is 9.88. The Balaban J connectivity index is 1.54. The maximum atomic E-state index is 12.2. The largest absolute Gasteiger partial charge is 0.458 e. The second kappa shape index (κ2) is 7.95. The molecule has 4 N–H and O–H groups in total. The summed E-state index contributed by atoms with van der Waals surface area (Å²) in [6, 6.07) is 6.03. The molecule has 1 saturated carbocycles. The highest BCUT2D eigenvalue weighted by Gasteiger charge is 2.31. The van der Waals surface area contributed by atoms with Crippen molar-refractivity contribution in [1.82, 2.24) is 15.0 Å². The van der Waals surface area contributed by atoms with E-state index in [9.17, 15) is 4.79 Å². The zero-order chi connectivity index (χ0) is 23.3. The quantitative estimate of drug-likeness (QED) is 0.471. The third-order valence-corrected chi connectivity index (χ3v) is 6.87. The van der Waals surface area contributed by atoms with Crippen LogP contribution in [0.3, 0.4) is 0 Å². The Labute approximate surface area is 193 Å². The van der Waals surface area contributed by atoms with Crippen molar-refractivity contribution in [1.29, 1.82) is 0 Å². The Morgan fingerprint density at radius 2 is 1.94 bits per heavy atom. The maximum absolute atomic E-state index is 12.2. The molecule has 0 bridgehead atoms. The summed E-state index contributed by atoms with van der Waals surface area (Å²) >= 11 is 0. The lowest BCUT2D eigenvalue weighted by Gasteiger charge is -2.27. The Hall–Kier alpha value is -3.26. The normalized spacial score (nSPS) is 21.8. The predicted molar refractivity (Wildman–Crippen MR) is 129 cm³/mol. The number of esters is 1. The summed E-state index contributed by atoms with van der Waals surface area (Å²) in [4.78, 5) is 26.2. The van der Waals surface area contributed by atoms with Gasteiger partial charge < -0.3 is 21.1 Å². The van der Waals surface area contributed by atoms with Crippen LogP contribution in [0.5, 0.6) is 0 Å². The zero-order valence-corrected chi connectivity index (χ0v) is 19.5. The van der Waals surface area contributed by atoms with Crippen molar-refractivity contribution in [3.63, 3.8) is 0 Å². The van der Waals surface area contributed by atoms with E-state index in [0.29, 0.717) is 23.2 Å². The maximum Gasteiger partial charge on any atom is 0.340 e. The molecular formula is C25H30N6O2. The van der Waals surface area contributed by atoms with Gasteiger partial charge >= 0.3 is 5.97 Å². The number of rotatable bonds is 6. The summed E-state index contributed by atoms with van der Waals surface area (Å²) in [7, 11) is 0. The van der Waals surface area contributed by atoms with E-state index in [4.69, 9.17) is 15.5 Å². The van der Waals surface area contributed by atoms with E-state index >= 15 is 0 Å². The highest BCUT2D eigenvalue weighted by atomic mass is 16.5. The van der Waals surface area contributed by atoms with E-state index < -0.39 is 5.54 Å². The van der Waals surface area contributed by atoms with Crippen molar-refractivity contribution >= 4 is 34.2 Å². The molecule has 1 fully saturated rings. The van der Waals surface area contributed by atoms with Crippen LogP contribution in [-0.2, 0) is 10.3 Å². The fraction of sp³-hybridized carbons (Fsp3) is 0.440. The van der Waals surface area contributed by atoms with E-state index in [1.54, 1.807) is 12.1 Å². The van der Waals surface area contributed by atoms with Crippen LogP contribution in [0.2, 0.25) is 0 Å². The third kappa shape index (κ3) is 3.99. The zero-order valence-electron chi connectivity index (χ0n) is 19.5. The highest BCUT2D eigenvalue weighted by molar-refractivity contribution is 5.96. The fourth-order valence-electron chi connectivity index (χ4n) is 4.14. The molecular weight excluding hydrogens is 416 g/mol. The summed E-state index contributed by atoms with van der Waals surface area (Å²) < 4.78 is 5.39. The van der Waals surface area contributed by atoms with Crippen LogP contribution in [0, 0.1) is 0 Å². The molecule has 3 atom stereocenters. The van der Waals surface area contributed by atoms with Crippen molar-refractivity contribution in [2.45, 2.75) is 70.6 Å². The van der Waals surface area contributed by atoms with Gasteiger partial charge in [-0.05, 0) is 62.3 Å². The molecule has 0 radical (unpaired) electrons. The van der Waals surface area contributed by atoms with Gasteiger partial charge in [0.05, 0.1) is 11.3 Å². The number of carbonyl (C=O) groups excluding carboxylic acids is 1. The minimum Gasteiger partial charge on any atom is -0.458 e. The third-order valence-electron chi connectivity index (χ3n) is 6.87. The van der Waals surface area contributed by atoms with Crippen molar-refractivity contribution in [3.05, 3.63) is 47.4 Å². The number of pyridine rings is 3. The first kappa shape index (κ1) is 21.6. The summed E-state index contributed by atoms with van der Waals surface area (Å²) in [6.07, 6.45) is 6.61. The molecule has 8 heteroatoms. The molecule has 1 aliphatic carbocycles. The summed E-state index contributed by atoms with van der Waals surface area (Å²) in [5.41, 5.74) is 8.35. The average Bonchev–Trinajstić information content (AvgIpc) is 3.61. The number of ether oxygens (including phenoxy) is 1. The van der Waals surface area contributed by atoms with Crippen molar-refractivity contribution in [2.24, 2.45) is 5.73 Å². The van der Waals surface area contributed by atoms with Gasteiger partial charge in [0.25, 0.3) is 0 Å². The number of cyclic esters (lactones) is 1. The molecule has 4 heterocycles. The van der Waals surface area contributed by atoms with Crippen LogP contribution in [0.1, 0.15) is 74.5 Å². The Bertz CT molecular complexity index is 1240. The van der Waals surface area contributed by atoms with E-state index in [-0.39, 0.29) is 18.0 Å². The first-order valence-electron chi connectivity index (χ1n) is 11.6. The number of nitrogens with one attached hydrogen (secondary N) is 2. The molecule has 1 aliphatic heterocycles. The van der Waals surface area contributed by atoms with Crippen LogP contribution < -0.4 is 16.4 Å². The Morgan fingerprint density at radius 3 is 2.67 bits per heavy atom. The lowest BCUT2D eigenvalue weighted by molar-refractivity contribution is 0.0235. The second-order valence-electron chi connectivity index (χ2n) is 9.48. The molecule has 3 aromatic rings. The fourth-order valence-corrected chi connectivity index (χ4v) is 4.14. The highest BCUT2D eigenvalue weighted by Crippen LogP contribution is 2.36. The minimum absolute atomic E-state index is 0.0141. The summed E-state index contributed by atoms with van der Waals surface area (Å²) in [5, 5.41) is 8.79. The molecule has 0 saturated heterocycles. The van der Waals surface area contributed by atoms with Crippen LogP contribution in [-0.4, -0.2) is 33.1 Å². The molecule has 0 spiro atoms. The first-order valence-corrected chi connectivity index (χ1v) is 11.6. The van der Waals surface area contributed by atoms with Gasteiger partial charge in [0.15, 0.2) is 0 Å². The van der Waals surface area contributed by atoms with Gasteiger partial charge in [-0.25, -0.2) is 19.7 Å². The molecule has 0 amide bonds. The van der Waals surface area contributed by atoms with Crippen molar-refractivity contribution in [2.75, 3.05) is 10.6 Å². The number of nitrogens with two attached hydrogens (primary N) is 1. The van der Waals surface area contributed by atoms with Crippen molar-refractivity contribution < 1.29 is 9.53 Å². The van der Waals surface area contributed by atoms with E-state index in [1.165, 1.54) is 0 Å². The van der Waals surface area contributed by atoms with E-state index in [1.807, 2.05) is 39.2 Å². The monoisotopic (exact) mass is 446 g/mol. The SMILES string of the molecule is CC[C@@](C)(N)c1cnc(NC2CC2)c2cnc(Nc3ccc4c(n3)[C@@H](C)[C@H](C)OC4=O)cc12. The number of hydrogen-bond donors (Lipinski definition) is 3. The van der Waals surface area contributed by atoms with Crippen LogP contribution in [0.4, 0.5) is 17.5 Å². The van der Waals surface area contributed by atoms with Crippen molar-refractivity contribution in [3.8, 4) is 0 Å². The molecule has 33 heavy (non-hydrogen) atoms. The molecule has 3 aromatic heterocycles. The Morgan fingerprint density at radius 1 is 1.15 bits per heavy atom. The number of aromatic nitrogens is 3. The molecule has 0 aromatic carbocycles. The molecule has 2 aliphatic rings. The number of anilines is 3. The number of hydrogen-bond acceptors (Lipinski definition) is 8. The Kier molecular flexibility index (Phi) is 5.20. The van der Waals surface area contributed by atoms with Gasteiger partial charge in [0.1, 0.15) is 23.6 Å². The van der Waals surface area contributed by atoms with E-state index in [0.717, 1.165) is 47.1 Å². The second-order valence-corrected chi connectivity index (χ2v) is 9.48. The van der Waals surface area contributed by atoms with Gasteiger partial charge in [-0.1, -0.05) is 13.8 Å². The lowest BCUT2D eigenvalue weighted by Crippen LogP contribution is -2.32. The standard InChI is InChI=1S/C25H30N6O2/c1-5-25(4,26)19-12-28-23(29-15-6-7-15)18-11-27-21(10-17(18)19)30-20-9-8-16-22(31-20)13(2)14(3)33-24(16)32/h8-15H,5-7,26H2,1-4H3,(H,28,29)(H,27,30,31)/t13-,14-,25+/m0/s1. The first-order chi connectivity index (χ1) is 15.8. The molecule has 5 rings (SSSR count). The van der Waals surface area contributed by atoms with Gasteiger partial charge in [-0.3, -0.25) is 0 Å². The van der Waals surface area contributed by atoms with Crippen LogP contribution >= 0.6 is 0 Å². The smallest absolute Gasteiger partial charge is 0.340 e. The van der Waals surface area contributed by atoms with Gasteiger partial charge in [-0.2, -0.15) is 0 Å². The number of fused-ring (bicyclic) bond motifs is 2. The summed E-state index contributed by atoms with van der Waals surface area (Å²) in [6.45, 7) is 8.00. The average molecular weight is 447 g/mol. The van der Waals surface area contributed by atoms with Crippen LogP contribution in [0.25, 0.3) is 10.8 Å². The number of carbonyl (C=O) groups is 1.